The average molecular weight is 456 g/mol. The normalized spacial score (nSPS) is 15.9. The molecule has 9 heteroatoms. The molecule has 1 atom stereocenters. The Kier molecular flexibility index (Phi) is 5.15. The van der Waals surface area contributed by atoms with E-state index in [0.717, 1.165) is 30.1 Å². The summed E-state index contributed by atoms with van der Waals surface area (Å²) in [6.45, 7) is 2.87. The summed E-state index contributed by atoms with van der Waals surface area (Å²) < 4.78 is 8.02. The van der Waals surface area contributed by atoms with E-state index in [9.17, 15) is 15.0 Å². The number of amides is 1. The first kappa shape index (κ1) is 20.3. The van der Waals surface area contributed by atoms with E-state index in [1.165, 1.54) is 11.3 Å². The molecular formula is C22H21N3O4S2. The minimum Gasteiger partial charge on any atom is -0.456 e. The molecule has 1 saturated heterocycles. The van der Waals surface area contributed by atoms with Crippen LogP contribution in [0.4, 0.5) is 0 Å². The number of aromatic nitrogens is 1. The Morgan fingerprint density at radius 2 is 2.10 bits per heavy atom. The number of carbonyl (C=O) groups is 1. The van der Waals surface area contributed by atoms with Crippen LogP contribution in [0.25, 0.3) is 20.3 Å². The second-order valence-electron chi connectivity index (χ2n) is 7.53. The van der Waals surface area contributed by atoms with Crippen LogP contribution in [0, 0.1) is 6.92 Å². The van der Waals surface area contributed by atoms with Crippen molar-refractivity contribution >= 4 is 48.9 Å². The average Bonchev–Trinajstić information content (AvgIpc) is 3.31. The highest BCUT2D eigenvalue weighted by Crippen LogP contribution is 2.40. The number of benzene rings is 1. The number of β-amino-alcohol motifs (C(OH)–C–C–N with tert-alkyl or cyclic N) is 1. The summed E-state index contributed by atoms with van der Waals surface area (Å²) in [5.74, 6) is 1.25. The lowest BCUT2D eigenvalue weighted by molar-refractivity contribution is -0.0995. The van der Waals surface area contributed by atoms with Gasteiger partial charge in [-0.3, -0.25) is 14.7 Å². The maximum atomic E-state index is 12.2. The maximum Gasteiger partial charge on any atom is 0.252 e. The number of ether oxygens (including phenoxy) is 1. The molecule has 4 heterocycles. The summed E-state index contributed by atoms with van der Waals surface area (Å²) in [5, 5.41) is 23.7. The lowest BCUT2D eigenvalue weighted by Gasteiger charge is -2.38. The molecule has 4 aromatic rings. The fraction of sp³-hybridized carbons (Fsp3) is 0.273. The number of hydrogen-bond acceptors (Lipinski definition) is 8. The number of nitrogens with one attached hydrogen (secondary N) is 1. The molecule has 3 N–H and O–H groups in total. The van der Waals surface area contributed by atoms with Crippen molar-refractivity contribution in [3.63, 3.8) is 0 Å². The summed E-state index contributed by atoms with van der Waals surface area (Å²) in [7, 11) is 1.63. The molecule has 31 heavy (non-hydrogen) atoms. The van der Waals surface area contributed by atoms with Gasteiger partial charge in [-0.2, -0.15) is 0 Å². The van der Waals surface area contributed by atoms with E-state index in [0.29, 0.717) is 30.2 Å². The van der Waals surface area contributed by atoms with Crippen molar-refractivity contribution in [3.05, 3.63) is 51.8 Å². The molecule has 0 spiro atoms. The van der Waals surface area contributed by atoms with Crippen LogP contribution in [0.1, 0.15) is 26.3 Å². The van der Waals surface area contributed by atoms with Crippen molar-refractivity contribution in [2.75, 3.05) is 20.1 Å². The van der Waals surface area contributed by atoms with E-state index in [1.54, 1.807) is 24.6 Å². The fourth-order valence-corrected chi connectivity index (χ4v) is 5.98. The van der Waals surface area contributed by atoms with Crippen molar-refractivity contribution in [2.45, 2.75) is 19.3 Å². The van der Waals surface area contributed by atoms with Gasteiger partial charge in [0.2, 0.25) is 0 Å². The number of fused-ring (bicyclic) bond motifs is 2. The van der Waals surface area contributed by atoms with Gasteiger partial charge in [0.25, 0.3) is 5.91 Å². The van der Waals surface area contributed by atoms with Gasteiger partial charge in [-0.15, -0.1) is 22.7 Å². The Morgan fingerprint density at radius 1 is 1.29 bits per heavy atom. The summed E-state index contributed by atoms with van der Waals surface area (Å²) in [6.07, 6.45) is 0.552. The Morgan fingerprint density at radius 3 is 2.84 bits per heavy atom. The second-order valence-corrected chi connectivity index (χ2v) is 9.87. The predicted octanol–water partition coefficient (Wildman–Crippen LogP) is 3.64. The van der Waals surface area contributed by atoms with Gasteiger partial charge in [0.05, 0.1) is 26.8 Å². The Bertz CT molecular complexity index is 1290. The largest absolute Gasteiger partial charge is 0.456 e. The standard InChI is InChI=1S/C22H21N3O4S2/c1-11-19(21(27)23-2)14-4-3-13(7-17(14)30-11)29-16-5-6-24-15-8-18(31-20(15)16)22(28)25-9-12(26)10-25/h3-8,12,22,26,28H,9-10H2,1-2H3,(H,23,27). The van der Waals surface area contributed by atoms with Gasteiger partial charge in [0, 0.05) is 47.4 Å². The third kappa shape index (κ3) is 3.58. The van der Waals surface area contributed by atoms with Gasteiger partial charge in [-0.05, 0) is 31.2 Å². The summed E-state index contributed by atoms with van der Waals surface area (Å²) in [5.41, 5.74) is 1.46. The molecule has 5 rings (SSSR count). The van der Waals surface area contributed by atoms with Crippen molar-refractivity contribution in [2.24, 2.45) is 0 Å². The van der Waals surface area contributed by atoms with Gasteiger partial charge in [0.1, 0.15) is 17.7 Å². The van der Waals surface area contributed by atoms with E-state index >= 15 is 0 Å². The van der Waals surface area contributed by atoms with Crippen molar-refractivity contribution in [1.82, 2.24) is 15.2 Å². The number of likely N-dealkylation sites (tertiary alicyclic amines) is 1. The molecule has 1 aliphatic rings. The van der Waals surface area contributed by atoms with Crippen LogP contribution in [0.5, 0.6) is 11.5 Å². The van der Waals surface area contributed by atoms with Gasteiger partial charge in [-0.25, -0.2) is 0 Å². The second kappa shape index (κ2) is 7.85. The number of rotatable bonds is 5. The summed E-state index contributed by atoms with van der Waals surface area (Å²) in [4.78, 5) is 20.2. The molecule has 1 unspecified atom stereocenters. The van der Waals surface area contributed by atoms with E-state index in [1.807, 2.05) is 42.2 Å². The van der Waals surface area contributed by atoms with Crippen molar-refractivity contribution < 1.29 is 19.7 Å². The highest BCUT2D eigenvalue weighted by atomic mass is 32.1. The molecule has 0 radical (unpaired) electrons. The fourth-order valence-electron chi connectivity index (χ4n) is 3.81. The van der Waals surface area contributed by atoms with Crippen LogP contribution in [-0.4, -0.2) is 52.2 Å². The molecule has 3 aromatic heterocycles. The summed E-state index contributed by atoms with van der Waals surface area (Å²) >= 11 is 3.00. The number of aryl methyl sites for hydroxylation is 1. The minimum atomic E-state index is -0.760. The maximum absolute atomic E-state index is 12.2. The number of nitrogens with zero attached hydrogens (tertiary/aromatic N) is 2. The highest BCUT2D eigenvalue weighted by Gasteiger charge is 2.31. The van der Waals surface area contributed by atoms with Crippen LogP contribution in [-0.2, 0) is 0 Å². The van der Waals surface area contributed by atoms with Crippen LogP contribution in [0.3, 0.4) is 0 Å². The Balaban J connectivity index is 1.46. The highest BCUT2D eigenvalue weighted by molar-refractivity contribution is 7.19. The zero-order chi connectivity index (χ0) is 21.7. The van der Waals surface area contributed by atoms with E-state index in [-0.39, 0.29) is 12.0 Å². The zero-order valence-electron chi connectivity index (χ0n) is 17.0. The number of aliphatic hydroxyl groups is 2. The van der Waals surface area contributed by atoms with Crippen molar-refractivity contribution in [3.8, 4) is 11.5 Å². The van der Waals surface area contributed by atoms with E-state index in [2.05, 4.69) is 10.3 Å². The first-order chi connectivity index (χ1) is 14.9. The number of thiophene rings is 2. The van der Waals surface area contributed by atoms with Gasteiger partial charge in [-0.1, -0.05) is 0 Å². The van der Waals surface area contributed by atoms with E-state index in [4.69, 9.17) is 4.74 Å². The topological polar surface area (TPSA) is 94.9 Å². The smallest absolute Gasteiger partial charge is 0.252 e. The monoisotopic (exact) mass is 455 g/mol. The van der Waals surface area contributed by atoms with Crippen LogP contribution in [0.15, 0.2) is 36.5 Å². The quantitative estimate of drug-likeness (QED) is 0.425. The van der Waals surface area contributed by atoms with E-state index < -0.39 is 6.23 Å². The van der Waals surface area contributed by atoms with Gasteiger partial charge < -0.3 is 20.3 Å². The molecule has 1 aromatic carbocycles. The molecule has 1 fully saturated rings. The number of hydrogen-bond donors (Lipinski definition) is 3. The first-order valence-corrected chi connectivity index (χ1v) is 11.5. The Labute approximate surface area is 186 Å². The lowest BCUT2D eigenvalue weighted by atomic mass is 10.1. The zero-order valence-corrected chi connectivity index (χ0v) is 18.6. The third-order valence-electron chi connectivity index (χ3n) is 5.41. The van der Waals surface area contributed by atoms with Gasteiger partial charge >= 0.3 is 0 Å². The molecule has 0 aliphatic carbocycles. The molecular weight excluding hydrogens is 434 g/mol. The summed E-state index contributed by atoms with van der Waals surface area (Å²) in [6, 6.07) is 9.39. The molecule has 160 valence electrons. The van der Waals surface area contributed by atoms with Crippen LogP contribution < -0.4 is 10.1 Å². The molecule has 1 amide bonds. The molecule has 7 nitrogen and oxygen atoms in total. The van der Waals surface area contributed by atoms with Crippen LogP contribution in [0.2, 0.25) is 0 Å². The van der Waals surface area contributed by atoms with Crippen LogP contribution >= 0.6 is 22.7 Å². The molecule has 0 saturated carbocycles. The van der Waals surface area contributed by atoms with Gasteiger partial charge in [0.15, 0.2) is 0 Å². The minimum absolute atomic E-state index is 0.0901. The number of pyridine rings is 1. The molecule has 1 aliphatic heterocycles. The molecule has 0 bridgehead atoms. The number of aliphatic hydroxyl groups excluding tert-OH is 2. The van der Waals surface area contributed by atoms with Crippen molar-refractivity contribution in [1.29, 1.82) is 0 Å². The lowest BCUT2D eigenvalue weighted by Crippen LogP contribution is -2.51. The first-order valence-electron chi connectivity index (χ1n) is 9.86. The predicted molar refractivity (Wildman–Crippen MR) is 122 cm³/mol. The Hall–Kier alpha value is -2.56. The number of carbonyl (C=O) groups excluding carboxylic acids is 1. The third-order valence-corrected chi connectivity index (χ3v) is 7.65. The SMILES string of the molecule is CNC(=O)c1c(C)sc2cc(Oc3ccnc4cc(C(O)N5CC(O)C5)sc34)ccc12.